The zero-order chi connectivity index (χ0) is 18.5. The Morgan fingerprint density at radius 1 is 1.36 bits per heavy atom. The van der Waals surface area contributed by atoms with Crippen molar-refractivity contribution < 1.29 is 23.9 Å². The highest BCUT2D eigenvalue weighted by Crippen LogP contribution is 2.54. The van der Waals surface area contributed by atoms with Crippen LogP contribution < -0.4 is 0 Å². The molecule has 5 heteroatoms. The second-order valence-electron chi connectivity index (χ2n) is 7.88. The molecule has 1 heterocycles. The Labute approximate surface area is 148 Å². The first-order valence-electron chi connectivity index (χ1n) is 8.98. The van der Waals surface area contributed by atoms with Crippen LogP contribution in [0.15, 0.2) is 23.8 Å². The first kappa shape index (κ1) is 17.9. The molecule has 25 heavy (non-hydrogen) atoms. The van der Waals surface area contributed by atoms with Gasteiger partial charge in [0.25, 0.3) is 0 Å². The van der Waals surface area contributed by atoms with Crippen molar-refractivity contribution in [2.75, 3.05) is 0 Å². The number of esters is 2. The third kappa shape index (κ3) is 2.55. The molecule has 3 aliphatic rings. The fourth-order valence-electron chi connectivity index (χ4n) is 4.76. The summed E-state index contributed by atoms with van der Waals surface area (Å²) < 4.78 is 11.5. The third-order valence-electron chi connectivity index (χ3n) is 6.47. The first-order valence-corrected chi connectivity index (χ1v) is 8.98. The Balaban J connectivity index is 2.07. The fraction of sp³-hybridized carbons (Fsp3) is 0.650. The molecule has 2 fully saturated rings. The lowest BCUT2D eigenvalue weighted by Gasteiger charge is -2.40. The summed E-state index contributed by atoms with van der Waals surface area (Å²) in [6.07, 6.45) is 4.91. The lowest BCUT2D eigenvalue weighted by Crippen LogP contribution is -2.50. The number of hydrogen-bond acceptors (Lipinski definition) is 5. The molecule has 3 rings (SSSR count). The van der Waals surface area contributed by atoms with Crippen molar-refractivity contribution in [1.29, 1.82) is 0 Å². The molecule has 136 valence electrons. The van der Waals surface area contributed by atoms with Crippen molar-refractivity contribution in [2.24, 2.45) is 29.1 Å². The fourth-order valence-corrected chi connectivity index (χ4v) is 4.76. The molecule has 0 spiro atoms. The van der Waals surface area contributed by atoms with Crippen LogP contribution in [0.25, 0.3) is 0 Å². The number of fused-ring (bicyclic) bond motifs is 2. The van der Waals surface area contributed by atoms with Gasteiger partial charge in [-0.2, -0.15) is 0 Å². The molecule has 0 aromatic rings. The molecule has 1 saturated carbocycles. The smallest absolute Gasteiger partial charge is 0.333 e. The van der Waals surface area contributed by atoms with Gasteiger partial charge >= 0.3 is 11.9 Å². The van der Waals surface area contributed by atoms with Crippen molar-refractivity contribution in [3.8, 4) is 0 Å². The van der Waals surface area contributed by atoms with Gasteiger partial charge in [0.15, 0.2) is 5.78 Å². The van der Waals surface area contributed by atoms with E-state index in [1.165, 1.54) is 0 Å². The zero-order valence-corrected chi connectivity index (χ0v) is 15.4. The minimum Gasteiger partial charge on any atom is -0.462 e. The number of carbonyl (C=O) groups excluding carboxylic acids is 3. The van der Waals surface area contributed by atoms with E-state index in [1.54, 1.807) is 32.9 Å². The molecule has 2 aliphatic carbocycles. The normalized spacial score (nSPS) is 43.3. The minimum absolute atomic E-state index is 0.0276. The van der Waals surface area contributed by atoms with E-state index in [0.717, 1.165) is 0 Å². The van der Waals surface area contributed by atoms with Gasteiger partial charge in [-0.3, -0.25) is 9.59 Å². The predicted octanol–water partition coefficient (Wildman–Crippen LogP) is 2.84. The van der Waals surface area contributed by atoms with Crippen LogP contribution in [0.4, 0.5) is 0 Å². The summed E-state index contributed by atoms with van der Waals surface area (Å²) in [6, 6.07) is 0. The number of allylic oxidation sites excluding steroid dienone is 3. The van der Waals surface area contributed by atoms with Crippen molar-refractivity contribution in [3.05, 3.63) is 23.8 Å². The van der Waals surface area contributed by atoms with E-state index in [1.807, 2.05) is 13.0 Å². The van der Waals surface area contributed by atoms with Crippen LogP contribution in [0.5, 0.6) is 0 Å². The quantitative estimate of drug-likeness (QED) is 0.568. The molecule has 0 aromatic heterocycles. The third-order valence-corrected chi connectivity index (χ3v) is 6.47. The number of carbonyl (C=O) groups is 3. The SMILES string of the molecule is C/C=C(\C)C(=O)O[C@H]1[C@H]2[C@H](C[C@@H](C)[C@@H]3C=CC(=O)[C@]31C)OC(=O)[C@@H]2C. The van der Waals surface area contributed by atoms with E-state index in [-0.39, 0.29) is 35.6 Å². The summed E-state index contributed by atoms with van der Waals surface area (Å²) >= 11 is 0. The van der Waals surface area contributed by atoms with E-state index in [9.17, 15) is 14.4 Å². The average Bonchev–Trinajstić information content (AvgIpc) is 2.99. The van der Waals surface area contributed by atoms with Crippen molar-refractivity contribution >= 4 is 17.7 Å². The van der Waals surface area contributed by atoms with E-state index in [0.29, 0.717) is 12.0 Å². The lowest BCUT2D eigenvalue weighted by molar-refractivity contribution is -0.163. The van der Waals surface area contributed by atoms with Crippen LogP contribution in [0.1, 0.15) is 41.0 Å². The molecule has 1 aliphatic heterocycles. The molecular formula is C20H26O5. The van der Waals surface area contributed by atoms with Gasteiger partial charge in [0.05, 0.1) is 11.3 Å². The van der Waals surface area contributed by atoms with Crippen LogP contribution in [0, 0.1) is 29.1 Å². The Kier molecular flexibility index (Phi) is 4.38. The molecule has 0 bridgehead atoms. The standard InChI is InChI=1S/C20H26O5/c1-6-10(2)18(22)25-17-16-12(4)19(23)24-14(16)9-11(3)13-7-8-15(21)20(13,17)5/h6-8,11-14,16-17H,9H2,1-5H3/b10-6+/t11-,12-,13+,14+,16-,17+,20+/m1/s1. The van der Waals surface area contributed by atoms with Gasteiger partial charge in [0.2, 0.25) is 0 Å². The molecule has 0 N–H and O–H groups in total. The van der Waals surface area contributed by atoms with Gasteiger partial charge < -0.3 is 9.47 Å². The van der Waals surface area contributed by atoms with Crippen LogP contribution >= 0.6 is 0 Å². The summed E-state index contributed by atoms with van der Waals surface area (Å²) in [5, 5.41) is 0. The molecule has 0 unspecified atom stereocenters. The highest BCUT2D eigenvalue weighted by Gasteiger charge is 2.62. The summed E-state index contributed by atoms with van der Waals surface area (Å²) in [4.78, 5) is 37.5. The van der Waals surface area contributed by atoms with Crippen molar-refractivity contribution in [1.82, 2.24) is 0 Å². The van der Waals surface area contributed by atoms with Gasteiger partial charge in [-0.05, 0) is 45.1 Å². The zero-order valence-electron chi connectivity index (χ0n) is 15.4. The Morgan fingerprint density at radius 2 is 2.04 bits per heavy atom. The van der Waals surface area contributed by atoms with Crippen LogP contribution in [0.3, 0.4) is 0 Å². The predicted molar refractivity (Wildman–Crippen MR) is 91.4 cm³/mol. The highest BCUT2D eigenvalue weighted by atomic mass is 16.6. The van der Waals surface area contributed by atoms with Gasteiger partial charge in [-0.15, -0.1) is 0 Å². The maximum Gasteiger partial charge on any atom is 0.333 e. The van der Waals surface area contributed by atoms with Gasteiger partial charge in [-0.25, -0.2) is 4.79 Å². The second-order valence-corrected chi connectivity index (χ2v) is 7.88. The molecule has 0 amide bonds. The van der Waals surface area contributed by atoms with E-state index in [4.69, 9.17) is 9.47 Å². The average molecular weight is 346 g/mol. The number of rotatable bonds is 2. The van der Waals surface area contributed by atoms with Crippen molar-refractivity contribution in [3.63, 3.8) is 0 Å². The molecule has 0 radical (unpaired) electrons. The number of ether oxygens (including phenoxy) is 2. The molecule has 5 nitrogen and oxygen atoms in total. The van der Waals surface area contributed by atoms with Gasteiger partial charge in [0, 0.05) is 11.5 Å². The second kappa shape index (κ2) is 6.11. The maximum atomic E-state index is 12.8. The molecule has 1 saturated heterocycles. The largest absolute Gasteiger partial charge is 0.462 e. The summed E-state index contributed by atoms with van der Waals surface area (Å²) in [7, 11) is 0. The Morgan fingerprint density at radius 3 is 2.68 bits per heavy atom. The first-order chi connectivity index (χ1) is 11.7. The maximum absolute atomic E-state index is 12.8. The summed E-state index contributed by atoms with van der Waals surface area (Å²) in [5.41, 5.74) is -0.365. The highest BCUT2D eigenvalue weighted by molar-refractivity contribution is 5.99. The Bertz CT molecular complexity index is 676. The van der Waals surface area contributed by atoms with Crippen LogP contribution in [-0.2, 0) is 23.9 Å². The topological polar surface area (TPSA) is 69.7 Å². The molecule has 7 atom stereocenters. The summed E-state index contributed by atoms with van der Waals surface area (Å²) in [5.74, 6) is -1.32. The number of hydrogen-bond donors (Lipinski definition) is 0. The number of ketones is 1. The van der Waals surface area contributed by atoms with E-state index in [2.05, 4.69) is 6.92 Å². The lowest BCUT2D eigenvalue weighted by atomic mass is 9.66. The Hall–Kier alpha value is -1.91. The van der Waals surface area contributed by atoms with Crippen LogP contribution in [-0.4, -0.2) is 29.9 Å². The van der Waals surface area contributed by atoms with Crippen molar-refractivity contribution in [2.45, 2.75) is 53.2 Å². The van der Waals surface area contributed by atoms with Gasteiger partial charge in [0.1, 0.15) is 12.2 Å². The van der Waals surface area contributed by atoms with E-state index < -0.39 is 23.4 Å². The molecular weight excluding hydrogens is 320 g/mol. The molecule has 0 aromatic carbocycles. The minimum atomic E-state index is -0.856. The monoisotopic (exact) mass is 346 g/mol. The summed E-state index contributed by atoms with van der Waals surface area (Å²) in [6.45, 7) is 9.20. The van der Waals surface area contributed by atoms with E-state index >= 15 is 0 Å². The van der Waals surface area contributed by atoms with Gasteiger partial charge in [-0.1, -0.05) is 26.0 Å². The van der Waals surface area contributed by atoms with Crippen LogP contribution in [0.2, 0.25) is 0 Å².